The monoisotopic (exact) mass is 560 g/mol. The van der Waals surface area contributed by atoms with Gasteiger partial charge in [0, 0.05) is 19.5 Å². The topological polar surface area (TPSA) is 61.3 Å². The van der Waals surface area contributed by atoms with E-state index in [1.807, 2.05) is 50.2 Å². The van der Waals surface area contributed by atoms with E-state index < -0.39 is 0 Å². The van der Waals surface area contributed by atoms with Crippen LogP contribution in [0.25, 0.3) is 10.9 Å². The molecule has 0 unspecified atom stereocenters. The molecule has 3 aromatic rings. The van der Waals surface area contributed by atoms with Gasteiger partial charge in [-0.05, 0) is 97.2 Å². The Bertz CT molecular complexity index is 1230. The molecule has 1 heterocycles. The number of rotatable bonds is 7. The molecule has 2 N–H and O–H groups in total. The van der Waals surface area contributed by atoms with Gasteiger partial charge in [0.05, 0.1) is 5.52 Å². The maximum atomic E-state index is 10.8. The molecule has 1 fully saturated rings. The highest BCUT2D eigenvalue weighted by Gasteiger charge is 2.26. The summed E-state index contributed by atoms with van der Waals surface area (Å²) in [6, 6.07) is 12.5. The van der Waals surface area contributed by atoms with Crippen LogP contribution in [0.4, 0.5) is 5.82 Å². The number of phenolic OH excluding ortho intramolecular Hbond substituents is 1. The van der Waals surface area contributed by atoms with Gasteiger partial charge in [-0.2, -0.15) is 0 Å². The Kier molecular flexibility index (Phi) is 11.2. The molecule has 0 radical (unpaired) electrons. The van der Waals surface area contributed by atoms with Crippen LogP contribution < -0.4 is 10.2 Å². The predicted molar refractivity (Wildman–Crippen MR) is 176 cm³/mol. The summed E-state index contributed by atoms with van der Waals surface area (Å²) >= 11 is 0. The molecule has 0 spiro atoms. The van der Waals surface area contributed by atoms with E-state index in [-0.39, 0.29) is 10.8 Å². The molecule has 0 amide bonds. The zero-order valence-electron chi connectivity index (χ0n) is 27.6. The number of aryl methyl sites for hydroxylation is 2. The van der Waals surface area contributed by atoms with E-state index in [2.05, 4.69) is 75.9 Å². The zero-order chi connectivity index (χ0) is 30.4. The minimum atomic E-state index is -0.0452. The van der Waals surface area contributed by atoms with Crippen LogP contribution in [0.1, 0.15) is 103 Å². The molecule has 1 aliphatic rings. The van der Waals surface area contributed by atoms with Crippen molar-refractivity contribution in [2.24, 2.45) is 11.8 Å². The lowest BCUT2D eigenvalue weighted by molar-refractivity contribution is 0.282. The molecule has 0 saturated heterocycles. The third-order valence-corrected chi connectivity index (χ3v) is 8.29. The van der Waals surface area contributed by atoms with Gasteiger partial charge in [0.15, 0.2) is 0 Å². The summed E-state index contributed by atoms with van der Waals surface area (Å²) < 4.78 is 0. The fourth-order valence-corrected chi connectivity index (χ4v) is 5.75. The van der Waals surface area contributed by atoms with Crippen LogP contribution in [0.5, 0.6) is 5.75 Å². The fourth-order valence-electron chi connectivity index (χ4n) is 5.75. The molecule has 4 rings (SSSR count). The van der Waals surface area contributed by atoms with Crippen molar-refractivity contribution in [2.45, 2.75) is 105 Å². The summed E-state index contributed by atoms with van der Waals surface area (Å²) in [6.07, 6.45) is 7.84. The van der Waals surface area contributed by atoms with Gasteiger partial charge in [0.2, 0.25) is 0 Å². The van der Waals surface area contributed by atoms with E-state index >= 15 is 0 Å². The molecular weight excluding hydrogens is 504 g/mol. The largest absolute Gasteiger partial charge is 0.507 e. The number of anilines is 1. The third kappa shape index (κ3) is 9.43. The SMILES string of the molecule is CC1CCC(CNCCCc2cc(C(C)(C)C)c(O)c(C(C)(C)C)c2)CC1.Cc1nc(N(C)C)c2ccccc2n1. The molecule has 1 saturated carbocycles. The molecule has 0 aliphatic heterocycles. The summed E-state index contributed by atoms with van der Waals surface area (Å²) in [5, 5.41) is 15.6. The Labute approximate surface area is 250 Å². The van der Waals surface area contributed by atoms with Crippen molar-refractivity contribution in [3.05, 3.63) is 58.9 Å². The van der Waals surface area contributed by atoms with Gasteiger partial charge in [0.1, 0.15) is 17.4 Å². The molecule has 1 aromatic heterocycles. The molecular formula is C36H56N4O. The lowest BCUT2D eigenvalue weighted by atomic mass is 9.78. The summed E-state index contributed by atoms with van der Waals surface area (Å²) in [5.41, 5.74) is 4.43. The quantitative estimate of drug-likeness (QED) is 0.284. The van der Waals surface area contributed by atoms with Gasteiger partial charge in [-0.1, -0.05) is 85.6 Å². The van der Waals surface area contributed by atoms with Gasteiger partial charge < -0.3 is 15.3 Å². The van der Waals surface area contributed by atoms with Gasteiger partial charge in [-0.25, -0.2) is 9.97 Å². The number of aromatic nitrogens is 2. The van der Waals surface area contributed by atoms with Crippen molar-refractivity contribution >= 4 is 16.7 Å². The van der Waals surface area contributed by atoms with Crippen LogP contribution in [0.3, 0.4) is 0 Å². The number of aromatic hydroxyl groups is 1. The van der Waals surface area contributed by atoms with Crippen LogP contribution >= 0.6 is 0 Å². The average Bonchev–Trinajstić information content (AvgIpc) is 2.88. The van der Waals surface area contributed by atoms with Crippen LogP contribution in [0.15, 0.2) is 36.4 Å². The maximum absolute atomic E-state index is 10.8. The number of para-hydroxylation sites is 1. The normalized spacial score (nSPS) is 17.7. The Morgan fingerprint density at radius 1 is 0.902 bits per heavy atom. The number of hydrogen-bond donors (Lipinski definition) is 2. The lowest BCUT2D eigenvalue weighted by Gasteiger charge is -2.28. The first-order valence-electron chi connectivity index (χ1n) is 15.6. The van der Waals surface area contributed by atoms with Gasteiger partial charge >= 0.3 is 0 Å². The minimum absolute atomic E-state index is 0.0452. The first-order valence-corrected chi connectivity index (χ1v) is 15.6. The number of fused-ring (bicyclic) bond motifs is 1. The molecule has 226 valence electrons. The zero-order valence-corrected chi connectivity index (χ0v) is 27.6. The first-order chi connectivity index (χ1) is 19.2. The summed E-state index contributed by atoms with van der Waals surface area (Å²) in [6.45, 7) is 19.7. The van der Waals surface area contributed by atoms with Crippen LogP contribution in [0, 0.1) is 18.8 Å². The van der Waals surface area contributed by atoms with Crippen molar-refractivity contribution in [1.82, 2.24) is 15.3 Å². The molecule has 0 bridgehead atoms. The minimum Gasteiger partial charge on any atom is -0.507 e. The number of nitrogens with zero attached hydrogens (tertiary/aromatic N) is 3. The van der Waals surface area contributed by atoms with E-state index in [1.54, 1.807) is 0 Å². The standard InChI is InChI=1S/C25H43NO.C11H13N3/c1-18-10-12-19(13-11-18)17-26-14-8-9-20-15-21(24(2,3)4)23(27)22(16-20)25(5,6)7;1-8-12-10-7-5-4-6-9(10)11(13-8)14(2)3/h15-16,18-19,26-27H,8-14,17H2,1-7H3;4-7H,1-3H3. The second kappa shape index (κ2) is 14.0. The van der Waals surface area contributed by atoms with E-state index in [0.717, 1.165) is 64.9 Å². The lowest BCUT2D eigenvalue weighted by Crippen LogP contribution is -2.27. The first kappa shape index (κ1) is 32.8. The van der Waals surface area contributed by atoms with E-state index in [4.69, 9.17) is 0 Å². The smallest absolute Gasteiger partial charge is 0.139 e. The molecule has 1 aliphatic carbocycles. The molecule has 5 heteroatoms. The van der Waals surface area contributed by atoms with E-state index in [9.17, 15) is 5.11 Å². The second-order valence-electron chi connectivity index (χ2n) is 14.5. The van der Waals surface area contributed by atoms with Crippen molar-refractivity contribution in [3.63, 3.8) is 0 Å². The van der Waals surface area contributed by atoms with Crippen molar-refractivity contribution < 1.29 is 5.11 Å². The Balaban J connectivity index is 0.000000275. The van der Waals surface area contributed by atoms with Crippen LogP contribution in [-0.4, -0.2) is 42.3 Å². The van der Waals surface area contributed by atoms with Gasteiger partial charge in [0.25, 0.3) is 0 Å². The number of benzene rings is 2. The maximum Gasteiger partial charge on any atom is 0.139 e. The highest BCUT2D eigenvalue weighted by molar-refractivity contribution is 5.89. The number of hydrogen-bond acceptors (Lipinski definition) is 5. The molecule has 2 aromatic carbocycles. The second-order valence-corrected chi connectivity index (χ2v) is 14.5. The fraction of sp³-hybridized carbons (Fsp3) is 0.611. The predicted octanol–water partition coefficient (Wildman–Crippen LogP) is 8.34. The Morgan fingerprint density at radius 2 is 1.49 bits per heavy atom. The van der Waals surface area contributed by atoms with Gasteiger partial charge in [-0.15, -0.1) is 0 Å². The molecule has 41 heavy (non-hydrogen) atoms. The molecule has 5 nitrogen and oxygen atoms in total. The number of nitrogens with one attached hydrogen (secondary N) is 1. The summed E-state index contributed by atoms with van der Waals surface area (Å²) in [5.74, 6) is 4.10. The van der Waals surface area contributed by atoms with Gasteiger partial charge in [-0.3, -0.25) is 0 Å². The van der Waals surface area contributed by atoms with Crippen molar-refractivity contribution in [3.8, 4) is 5.75 Å². The van der Waals surface area contributed by atoms with Crippen LogP contribution in [0.2, 0.25) is 0 Å². The number of phenols is 1. The van der Waals surface area contributed by atoms with E-state index in [0.29, 0.717) is 5.75 Å². The highest BCUT2D eigenvalue weighted by atomic mass is 16.3. The Morgan fingerprint density at radius 3 is 2.05 bits per heavy atom. The highest BCUT2D eigenvalue weighted by Crippen LogP contribution is 2.40. The molecule has 0 atom stereocenters. The summed E-state index contributed by atoms with van der Waals surface area (Å²) in [7, 11) is 3.99. The summed E-state index contributed by atoms with van der Waals surface area (Å²) in [4.78, 5) is 10.8. The third-order valence-electron chi connectivity index (χ3n) is 8.29. The van der Waals surface area contributed by atoms with Crippen molar-refractivity contribution in [2.75, 3.05) is 32.1 Å². The van der Waals surface area contributed by atoms with Crippen LogP contribution in [-0.2, 0) is 17.3 Å². The average molecular weight is 561 g/mol. The Hall–Kier alpha value is -2.66. The van der Waals surface area contributed by atoms with Crippen molar-refractivity contribution in [1.29, 1.82) is 0 Å². The van der Waals surface area contributed by atoms with E-state index in [1.165, 1.54) is 37.8 Å².